The third-order valence-electron chi connectivity index (χ3n) is 5.07. The quantitative estimate of drug-likeness (QED) is 0.378. The second kappa shape index (κ2) is 8.18. The molecule has 0 nitrogen and oxygen atoms in total. The van der Waals surface area contributed by atoms with Crippen molar-refractivity contribution in [2.24, 2.45) is 0 Å². The van der Waals surface area contributed by atoms with E-state index in [2.05, 4.69) is 84.9 Å². The molecule has 0 atom stereocenters. The number of hydrogen-bond acceptors (Lipinski definition) is 0. The molecule has 1 saturated carbocycles. The van der Waals surface area contributed by atoms with E-state index in [1.165, 1.54) is 39.2 Å². The van der Waals surface area contributed by atoms with Gasteiger partial charge in [0.25, 0.3) is 0 Å². The van der Waals surface area contributed by atoms with Crippen molar-refractivity contribution in [2.75, 3.05) is 0 Å². The van der Waals surface area contributed by atoms with Crippen LogP contribution in [0.4, 0.5) is 0 Å². The molecule has 0 bridgehead atoms. The molecule has 0 aromatic heterocycles. The summed E-state index contributed by atoms with van der Waals surface area (Å²) in [6, 6.07) is 31.9. The summed E-state index contributed by atoms with van der Waals surface area (Å²) in [6.45, 7) is 0. The molecule has 25 heavy (non-hydrogen) atoms. The molecule has 1 heteroatoms. The van der Waals surface area contributed by atoms with E-state index in [1.807, 2.05) is 0 Å². The summed E-state index contributed by atoms with van der Waals surface area (Å²) in [6.07, 6.45) is 6.97. The van der Waals surface area contributed by atoms with Gasteiger partial charge in [0.15, 0.2) is 0 Å². The summed E-state index contributed by atoms with van der Waals surface area (Å²) >= 11 is -1.59. The molecular formula is C24H25I. The zero-order chi connectivity index (χ0) is 16.9. The Hall–Kier alpha value is -1.61. The molecule has 0 aliphatic heterocycles. The van der Waals surface area contributed by atoms with Crippen molar-refractivity contribution >= 4 is 19.8 Å². The Labute approximate surface area is 158 Å². The fourth-order valence-electron chi connectivity index (χ4n) is 3.76. The second-order valence-electron chi connectivity index (χ2n) is 6.76. The Kier molecular flexibility index (Phi) is 5.51. The van der Waals surface area contributed by atoms with Crippen molar-refractivity contribution in [3.8, 4) is 0 Å². The Morgan fingerprint density at radius 3 is 1.52 bits per heavy atom. The van der Waals surface area contributed by atoms with E-state index >= 15 is 0 Å². The van der Waals surface area contributed by atoms with Gasteiger partial charge in [0.2, 0.25) is 0 Å². The Morgan fingerprint density at radius 2 is 1.00 bits per heavy atom. The third kappa shape index (κ3) is 3.98. The monoisotopic (exact) mass is 440 g/mol. The molecule has 0 amide bonds. The average molecular weight is 440 g/mol. The van der Waals surface area contributed by atoms with Crippen LogP contribution in [-0.4, -0.2) is 0 Å². The average Bonchev–Trinajstić information content (AvgIpc) is 2.71. The van der Waals surface area contributed by atoms with E-state index in [9.17, 15) is 0 Å². The second-order valence-corrected chi connectivity index (χ2v) is 12.1. The van der Waals surface area contributed by atoms with E-state index in [4.69, 9.17) is 0 Å². The maximum atomic E-state index is 2.43. The van der Waals surface area contributed by atoms with Gasteiger partial charge in [-0.2, -0.15) is 0 Å². The van der Waals surface area contributed by atoms with Gasteiger partial charge in [-0.25, -0.2) is 0 Å². The molecule has 0 saturated heterocycles. The topological polar surface area (TPSA) is 0 Å². The minimum atomic E-state index is -1.59. The van der Waals surface area contributed by atoms with Gasteiger partial charge in [-0.3, -0.25) is 0 Å². The zero-order valence-corrected chi connectivity index (χ0v) is 16.7. The first-order valence-electron chi connectivity index (χ1n) is 9.31. The van der Waals surface area contributed by atoms with Crippen LogP contribution in [0.15, 0.2) is 84.9 Å². The van der Waals surface area contributed by atoms with Gasteiger partial charge in [0, 0.05) is 0 Å². The van der Waals surface area contributed by atoms with Crippen molar-refractivity contribution in [1.29, 1.82) is 0 Å². The number of halogens is 1. The first-order valence-corrected chi connectivity index (χ1v) is 12.6. The van der Waals surface area contributed by atoms with E-state index in [1.54, 1.807) is 9.13 Å². The molecule has 1 aliphatic rings. The molecule has 0 radical (unpaired) electrons. The van der Waals surface area contributed by atoms with Crippen LogP contribution in [0.1, 0.15) is 43.6 Å². The van der Waals surface area contributed by atoms with Gasteiger partial charge < -0.3 is 0 Å². The molecule has 3 aromatic rings. The molecule has 0 heterocycles. The van der Waals surface area contributed by atoms with Crippen molar-refractivity contribution in [3.63, 3.8) is 0 Å². The van der Waals surface area contributed by atoms with Crippen LogP contribution in [-0.2, 0) is 0 Å². The Bertz CT molecular complexity index is 732. The van der Waals surface area contributed by atoms with Crippen LogP contribution in [0.3, 0.4) is 0 Å². The molecule has 1 aliphatic carbocycles. The van der Waals surface area contributed by atoms with Gasteiger partial charge in [0.05, 0.1) is 0 Å². The molecule has 1 fully saturated rings. The zero-order valence-electron chi connectivity index (χ0n) is 14.6. The Morgan fingerprint density at radius 1 is 0.520 bits per heavy atom. The molecule has 4 rings (SSSR count). The normalized spacial score (nSPS) is 15.8. The SMILES string of the molecule is c1ccc(I(c2ccccc2)c2ccc(C3CCCCC3)cc2)cc1. The van der Waals surface area contributed by atoms with Crippen LogP contribution in [0.25, 0.3) is 0 Å². The van der Waals surface area contributed by atoms with Crippen molar-refractivity contribution < 1.29 is 0 Å². The summed E-state index contributed by atoms with van der Waals surface area (Å²) < 4.78 is 4.58. The predicted molar refractivity (Wildman–Crippen MR) is 115 cm³/mol. The minimum absolute atomic E-state index is 0.790. The number of benzene rings is 3. The van der Waals surface area contributed by atoms with E-state index in [0.717, 1.165) is 5.92 Å². The first-order chi connectivity index (χ1) is 12.4. The standard InChI is InChI=1S/C24H25I/c1-4-10-20(11-5-1)21-16-18-24(19-17-21)25(22-12-6-2-7-13-22)23-14-8-3-9-15-23/h2-3,6-9,12-20H,1,4-5,10-11H2. The van der Waals surface area contributed by atoms with Gasteiger partial charge in [-0.1, -0.05) is 0 Å². The van der Waals surface area contributed by atoms with Crippen molar-refractivity contribution in [2.45, 2.75) is 38.0 Å². The predicted octanol–water partition coefficient (Wildman–Crippen LogP) is 7.15. The van der Waals surface area contributed by atoms with E-state index < -0.39 is 19.8 Å². The van der Waals surface area contributed by atoms with Crippen LogP contribution in [0.2, 0.25) is 0 Å². The number of rotatable bonds is 4. The van der Waals surface area contributed by atoms with Crippen molar-refractivity contribution in [1.82, 2.24) is 0 Å². The molecule has 128 valence electrons. The van der Waals surface area contributed by atoms with E-state index in [0.29, 0.717) is 0 Å². The maximum absolute atomic E-state index is 2.43. The summed E-state index contributed by atoms with van der Waals surface area (Å²) in [5.74, 6) is 0.790. The third-order valence-corrected chi connectivity index (χ3v) is 11.0. The van der Waals surface area contributed by atoms with Crippen molar-refractivity contribution in [3.05, 3.63) is 101 Å². The summed E-state index contributed by atoms with van der Waals surface area (Å²) in [7, 11) is 0. The van der Waals surface area contributed by atoms with Gasteiger partial charge in [0.1, 0.15) is 0 Å². The van der Waals surface area contributed by atoms with Crippen LogP contribution in [0.5, 0.6) is 0 Å². The molecular weight excluding hydrogens is 415 g/mol. The van der Waals surface area contributed by atoms with E-state index in [-0.39, 0.29) is 0 Å². The fraction of sp³-hybridized carbons (Fsp3) is 0.250. The van der Waals surface area contributed by atoms with Gasteiger partial charge in [-0.15, -0.1) is 0 Å². The van der Waals surface area contributed by atoms with Crippen LogP contribution in [0, 0.1) is 10.7 Å². The van der Waals surface area contributed by atoms with Gasteiger partial charge >= 0.3 is 159 Å². The first kappa shape index (κ1) is 16.8. The Balaban J connectivity index is 1.68. The molecule has 0 N–H and O–H groups in total. The summed E-state index contributed by atoms with van der Waals surface area (Å²) in [5.41, 5.74) is 1.56. The number of hydrogen-bond donors (Lipinski definition) is 0. The molecule has 3 aromatic carbocycles. The summed E-state index contributed by atoms with van der Waals surface area (Å²) in [4.78, 5) is 0. The fourth-order valence-corrected chi connectivity index (χ4v) is 9.26. The molecule has 0 unspecified atom stereocenters. The molecule has 0 spiro atoms. The summed E-state index contributed by atoms with van der Waals surface area (Å²) in [5, 5.41) is 0. The van der Waals surface area contributed by atoms with Crippen LogP contribution < -0.4 is 0 Å². The van der Waals surface area contributed by atoms with Gasteiger partial charge in [-0.05, 0) is 0 Å². The van der Waals surface area contributed by atoms with Crippen LogP contribution >= 0.6 is 19.8 Å².